The van der Waals surface area contributed by atoms with E-state index in [0.29, 0.717) is 5.56 Å². The van der Waals surface area contributed by atoms with Gasteiger partial charge in [0.1, 0.15) is 5.75 Å². The van der Waals surface area contributed by atoms with Crippen LogP contribution in [0.5, 0.6) is 5.75 Å². The van der Waals surface area contributed by atoms with Crippen LogP contribution in [-0.4, -0.2) is 17.2 Å². The zero-order valence-electron chi connectivity index (χ0n) is 9.13. The van der Waals surface area contributed by atoms with Crippen molar-refractivity contribution >= 4 is 39.4 Å². The number of phenolic OH excluding ortho intramolecular Hbond substituents is 1. The number of halogens is 1. The van der Waals surface area contributed by atoms with Gasteiger partial charge in [0.05, 0.1) is 10.0 Å². The SMILES string of the molecule is O=C(N/N=C/c1ccc(Br)s1)c1cccc(O)c1. The fraction of sp³-hybridized carbons (Fsp3) is 0. The molecule has 0 saturated heterocycles. The molecule has 18 heavy (non-hydrogen) atoms. The topological polar surface area (TPSA) is 61.7 Å². The average molecular weight is 325 g/mol. The minimum absolute atomic E-state index is 0.0498. The lowest BCUT2D eigenvalue weighted by Gasteiger charge is -1.99. The summed E-state index contributed by atoms with van der Waals surface area (Å²) in [5.41, 5.74) is 2.76. The summed E-state index contributed by atoms with van der Waals surface area (Å²) in [6, 6.07) is 9.88. The predicted octanol–water partition coefficient (Wildman–Crippen LogP) is 2.98. The number of rotatable bonds is 3. The third-order valence-corrected chi connectivity index (χ3v) is 3.62. The van der Waals surface area contributed by atoms with Gasteiger partial charge >= 0.3 is 0 Å². The molecule has 4 nitrogen and oxygen atoms in total. The lowest BCUT2D eigenvalue weighted by Crippen LogP contribution is -2.17. The van der Waals surface area contributed by atoms with Crippen molar-refractivity contribution in [3.05, 3.63) is 50.6 Å². The lowest BCUT2D eigenvalue weighted by molar-refractivity contribution is 0.0954. The van der Waals surface area contributed by atoms with Crippen molar-refractivity contribution in [1.82, 2.24) is 5.43 Å². The van der Waals surface area contributed by atoms with Gasteiger partial charge in [0.25, 0.3) is 5.91 Å². The van der Waals surface area contributed by atoms with Crippen LogP contribution in [0.25, 0.3) is 0 Å². The smallest absolute Gasteiger partial charge is 0.271 e. The zero-order valence-corrected chi connectivity index (χ0v) is 11.5. The van der Waals surface area contributed by atoms with Crippen LogP contribution in [0.15, 0.2) is 45.3 Å². The molecule has 2 rings (SSSR count). The van der Waals surface area contributed by atoms with Crippen molar-refractivity contribution in [2.75, 3.05) is 0 Å². The minimum Gasteiger partial charge on any atom is -0.508 e. The highest BCUT2D eigenvalue weighted by Gasteiger charge is 2.04. The quantitative estimate of drug-likeness (QED) is 0.673. The molecule has 0 aliphatic heterocycles. The van der Waals surface area contributed by atoms with Crippen molar-refractivity contribution in [3.63, 3.8) is 0 Å². The Labute approximate surface area is 116 Å². The summed E-state index contributed by atoms with van der Waals surface area (Å²) in [5.74, 6) is -0.313. The van der Waals surface area contributed by atoms with Gasteiger partial charge in [-0.25, -0.2) is 5.43 Å². The second kappa shape index (κ2) is 5.79. The Morgan fingerprint density at radius 1 is 1.39 bits per heavy atom. The summed E-state index contributed by atoms with van der Waals surface area (Å²) < 4.78 is 1.00. The van der Waals surface area contributed by atoms with Crippen LogP contribution < -0.4 is 5.43 Å². The number of amides is 1. The Morgan fingerprint density at radius 2 is 2.22 bits per heavy atom. The first-order valence-corrected chi connectivity index (χ1v) is 6.64. The van der Waals surface area contributed by atoms with Gasteiger partial charge in [-0.3, -0.25) is 4.79 Å². The number of hydrogen-bond acceptors (Lipinski definition) is 4. The van der Waals surface area contributed by atoms with E-state index >= 15 is 0 Å². The molecule has 0 fully saturated rings. The van der Waals surface area contributed by atoms with Crippen LogP contribution in [0.3, 0.4) is 0 Å². The van der Waals surface area contributed by atoms with E-state index in [-0.39, 0.29) is 11.7 Å². The fourth-order valence-corrected chi connectivity index (χ4v) is 2.56. The normalized spacial score (nSPS) is 10.7. The van der Waals surface area contributed by atoms with E-state index in [1.807, 2.05) is 12.1 Å². The number of nitrogens with zero attached hydrogens (tertiary/aromatic N) is 1. The number of hydrazone groups is 1. The Balaban J connectivity index is 1.98. The van der Waals surface area contributed by atoms with Crippen molar-refractivity contribution in [2.45, 2.75) is 0 Å². The van der Waals surface area contributed by atoms with Crippen LogP contribution >= 0.6 is 27.3 Å². The molecule has 2 aromatic rings. The zero-order chi connectivity index (χ0) is 13.0. The molecule has 1 aromatic heterocycles. The average Bonchev–Trinajstić information content (AvgIpc) is 2.75. The van der Waals surface area contributed by atoms with Gasteiger partial charge in [-0.15, -0.1) is 11.3 Å². The highest BCUT2D eigenvalue weighted by Crippen LogP contribution is 2.20. The summed E-state index contributed by atoms with van der Waals surface area (Å²) in [7, 11) is 0. The highest BCUT2D eigenvalue weighted by molar-refractivity contribution is 9.11. The van der Waals surface area contributed by atoms with Crippen LogP contribution in [0.1, 0.15) is 15.2 Å². The van der Waals surface area contributed by atoms with E-state index in [1.165, 1.54) is 23.5 Å². The molecule has 0 aliphatic rings. The molecule has 1 heterocycles. The van der Waals surface area contributed by atoms with Crippen LogP contribution in [-0.2, 0) is 0 Å². The molecule has 0 spiro atoms. The van der Waals surface area contributed by atoms with E-state index in [2.05, 4.69) is 26.5 Å². The molecule has 0 bridgehead atoms. The molecular formula is C12H9BrN2O2S. The number of phenols is 1. The van der Waals surface area contributed by atoms with Gasteiger partial charge in [0.15, 0.2) is 0 Å². The molecule has 0 aliphatic carbocycles. The van der Waals surface area contributed by atoms with E-state index < -0.39 is 0 Å². The Morgan fingerprint density at radius 3 is 2.89 bits per heavy atom. The predicted molar refractivity (Wildman–Crippen MR) is 75.2 cm³/mol. The van der Waals surface area contributed by atoms with Gasteiger partial charge in [-0.05, 0) is 46.3 Å². The summed E-state index contributed by atoms with van der Waals surface area (Å²) >= 11 is 4.85. The monoisotopic (exact) mass is 324 g/mol. The number of nitrogens with one attached hydrogen (secondary N) is 1. The minimum atomic E-state index is -0.363. The maximum absolute atomic E-state index is 11.7. The first-order valence-electron chi connectivity index (χ1n) is 5.03. The van der Waals surface area contributed by atoms with E-state index in [9.17, 15) is 9.90 Å². The van der Waals surface area contributed by atoms with Gasteiger partial charge in [0.2, 0.25) is 0 Å². The Hall–Kier alpha value is -1.66. The number of thiophene rings is 1. The van der Waals surface area contributed by atoms with Gasteiger partial charge in [0, 0.05) is 10.4 Å². The Bertz CT molecular complexity index is 595. The lowest BCUT2D eigenvalue weighted by atomic mass is 10.2. The summed E-state index contributed by atoms with van der Waals surface area (Å²) in [6.45, 7) is 0. The largest absolute Gasteiger partial charge is 0.508 e. The number of carbonyl (C=O) groups is 1. The molecule has 6 heteroatoms. The molecule has 0 unspecified atom stereocenters. The van der Waals surface area contributed by atoms with E-state index in [4.69, 9.17) is 0 Å². The molecule has 0 saturated carbocycles. The molecule has 1 amide bonds. The van der Waals surface area contributed by atoms with E-state index in [1.54, 1.807) is 18.3 Å². The first-order chi connectivity index (χ1) is 8.65. The third-order valence-electron chi connectivity index (χ3n) is 2.06. The molecule has 0 atom stereocenters. The number of aromatic hydroxyl groups is 1. The molecule has 0 radical (unpaired) electrons. The van der Waals surface area contributed by atoms with Crippen LogP contribution in [0, 0.1) is 0 Å². The maximum atomic E-state index is 11.7. The summed E-state index contributed by atoms with van der Waals surface area (Å²) in [6.07, 6.45) is 1.57. The van der Waals surface area contributed by atoms with Crippen molar-refractivity contribution in [2.24, 2.45) is 5.10 Å². The number of hydrogen-bond donors (Lipinski definition) is 2. The number of carbonyl (C=O) groups excluding carboxylic acids is 1. The van der Waals surface area contributed by atoms with Crippen molar-refractivity contribution in [3.8, 4) is 5.75 Å². The first kappa shape index (κ1) is 12.8. The molecular weight excluding hydrogens is 316 g/mol. The number of benzene rings is 1. The molecule has 92 valence electrons. The Kier molecular flexibility index (Phi) is 4.11. The summed E-state index contributed by atoms with van der Waals surface area (Å²) in [4.78, 5) is 12.6. The second-order valence-corrected chi connectivity index (χ2v) is 5.89. The van der Waals surface area contributed by atoms with Gasteiger partial charge < -0.3 is 5.11 Å². The van der Waals surface area contributed by atoms with Gasteiger partial charge in [-0.2, -0.15) is 5.10 Å². The maximum Gasteiger partial charge on any atom is 0.271 e. The fourth-order valence-electron chi connectivity index (χ4n) is 1.26. The van der Waals surface area contributed by atoms with Crippen molar-refractivity contribution in [1.29, 1.82) is 0 Å². The highest BCUT2D eigenvalue weighted by atomic mass is 79.9. The van der Waals surface area contributed by atoms with Crippen molar-refractivity contribution < 1.29 is 9.90 Å². The molecule has 2 N–H and O–H groups in total. The summed E-state index contributed by atoms with van der Waals surface area (Å²) in [5, 5.41) is 13.1. The van der Waals surface area contributed by atoms with Gasteiger partial charge in [-0.1, -0.05) is 6.07 Å². The van der Waals surface area contributed by atoms with E-state index in [0.717, 1.165) is 8.66 Å². The van der Waals surface area contributed by atoms with Crippen LogP contribution in [0.2, 0.25) is 0 Å². The standard InChI is InChI=1S/C12H9BrN2O2S/c13-11-5-4-10(18-11)7-14-15-12(17)8-2-1-3-9(16)6-8/h1-7,16H,(H,15,17)/b14-7+. The third kappa shape index (κ3) is 3.41. The second-order valence-electron chi connectivity index (χ2n) is 3.39. The molecule has 1 aromatic carbocycles. The van der Waals surface area contributed by atoms with Crippen LogP contribution in [0.4, 0.5) is 0 Å².